The number of nitro groups is 1. The molecule has 0 aliphatic carbocycles. The molecule has 150 valence electrons. The van der Waals surface area contributed by atoms with Crippen LogP contribution < -0.4 is 10.1 Å². The van der Waals surface area contributed by atoms with Crippen LogP contribution in [-0.2, 0) is 11.0 Å². The Bertz CT molecular complexity index is 908. The van der Waals surface area contributed by atoms with E-state index in [2.05, 4.69) is 5.32 Å². The zero-order chi connectivity index (χ0) is 21.1. The zero-order valence-corrected chi connectivity index (χ0v) is 16.1. The van der Waals surface area contributed by atoms with Gasteiger partial charge in [-0.1, -0.05) is 11.6 Å². The molecule has 0 heterocycles. The van der Waals surface area contributed by atoms with Crippen molar-refractivity contribution in [2.45, 2.75) is 23.2 Å². The summed E-state index contributed by atoms with van der Waals surface area (Å²) in [4.78, 5) is 22.9. The molecule has 0 aliphatic rings. The summed E-state index contributed by atoms with van der Waals surface area (Å²) in [6.07, 6.45) is -4.62. The molecule has 0 aromatic heterocycles. The van der Waals surface area contributed by atoms with Gasteiger partial charge in [-0.05, 0) is 31.2 Å². The lowest BCUT2D eigenvalue weighted by atomic mass is 10.2. The average Bonchev–Trinajstić information content (AvgIpc) is 2.62. The molecule has 0 saturated carbocycles. The first kappa shape index (κ1) is 21.8. The van der Waals surface area contributed by atoms with Crippen LogP contribution in [-0.4, -0.2) is 23.2 Å². The van der Waals surface area contributed by atoms with Crippen LogP contribution in [0.2, 0.25) is 5.02 Å². The molecular weight excluding hydrogens is 421 g/mol. The van der Waals surface area contributed by atoms with Gasteiger partial charge in [0.2, 0.25) is 5.91 Å². The highest BCUT2D eigenvalue weighted by Crippen LogP contribution is 2.38. The first-order valence-corrected chi connectivity index (χ1v) is 8.95. The molecule has 0 bridgehead atoms. The number of thioether (sulfide) groups is 1. The molecule has 2 aromatic carbocycles. The van der Waals surface area contributed by atoms with Gasteiger partial charge in [0.1, 0.15) is 5.75 Å². The van der Waals surface area contributed by atoms with Crippen LogP contribution >= 0.6 is 23.4 Å². The second-order valence-electron chi connectivity index (χ2n) is 5.53. The Morgan fingerprint density at radius 2 is 1.96 bits per heavy atom. The number of nitrogens with zero attached hydrogens (tertiary/aromatic N) is 1. The normalized spacial score (nSPS) is 12.4. The topological polar surface area (TPSA) is 81.5 Å². The van der Waals surface area contributed by atoms with Gasteiger partial charge in [0.05, 0.1) is 33.6 Å². The highest BCUT2D eigenvalue weighted by Gasteiger charge is 2.33. The first-order chi connectivity index (χ1) is 13.0. The molecule has 1 N–H and O–H groups in total. The molecular formula is C17H14ClF3N2O4S. The summed E-state index contributed by atoms with van der Waals surface area (Å²) < 4.78 is 43.9. The number of methoxy groups -OCH3 is 1. The Morgan fingerprint density at radius 3 is 2.54 bits per heavy atom. The van der Waals surface area contributed by atoms with Crippen LogP contribution in [0, 0.1) is 10.1 Å². The van der Waals surface area contributed by atoms with Gasteiger partial charge in [0.15, 0.2) is 0 Å². The van der Waals surface area contributed by atoms with Gasteiger partial charge < -0.3 is 10.1 Å². The highest BCUT2D eigenvalue weighted by molar-refractivity contribution is 8.00. The molecule has 6 nitrogen and oxygen atoms in total. The molecule has 1 amide bonds. The van der Waals surface area contributed by atoms with E-state index in [1.807, 2.05) is 0 Å². The van der Waals surface area contributed by atoms with Crippen molar-refractivity contribution < 1.29 is 27.6 Å². The average molecular weight is 435 g/mol. The molecule has 2 aromatic rings. The van der Waals surface area contributed by atoms with E-state index in [4.69, 9.17) is 16.3 Å². The third kappa shape index (κ3) is 5.29. The van der Waals surface area contributed by atoms with E-state index in [1.165, 1.54) is 32.2 Å². The lowest BCUT2D eigenvalue weighted by Gasteiger charge is -2.15. The van der Waals surface area contributed by atoms with Crippen LogP contribution in [0.5, 0.6) is 5.75 Å². The van der Waals surface area contributed by atoms with Gasteiger partial charge in [0.25, 0.3) is 5.69 Å². The highest BCUT2D eigenvalue weighted by atomic mass is 35.5. The molecule has 0 unspecified atom stereocenters. The van der Waals surface area contributed by atoms with E-state index in [1.54, 1.807) is 0 Å². The molecule has 0 spiro atoms. The maximum atomic E-state index is 13.0. The van der Waals surface area contributed by atoms with Crippen molar-refractivity contribution in [1.29, 1.82) is 0 Å². The summed E-state index contributed by atoms with van der Waals surface area (Å²) >= 11 is 6.47. The van der Waals surface area contributed by atoms with Crippen LogP contribution in [0.3, 0.4) is 0 Å². The van der Waals surface area contributed by atoms with Crippen molar-refractivity contribution >= 4 is 40.6 Å². The number of nitrogens with one attached hydrogen (secondary N) is 1. The molecule has 11 heteroatoms. The van der Waals surface area contributed by atoms with E-state index in [0.717, 1.165) is 30.0 Å². The van der Waals surface area contributed by atoms with Crippen molar-refractivity contribution in [2.24, 2.45) is 0 Å². The molecule has 0 aliphatic heterocycles. The van der Waals surface area contributed by atoms with Crippen molar-refractivity contribution in [3.63, 3.8) is 0 Å². The summed E-state index contributed by atoms with van der Waals surface area (Å²) in [5, 5.41) is 12.2. The Balaban J connectivity index is 2.18. The van der Waals surface area contributed by atoms with Crippen LogP contribution in [0.25, 0.3) is 0 Å². The maximum Gasteiger partial charge on any atom is 0.417 e. The standard InChI is InChI=1S/C17H14ClF3N2O4S/c1-9(28-11-4-5-13(18)12(8-11)17(19,20)21)16(24)22-14-7-10(23(25)26)3-6-15(14)27-2/h3-9H,1-2H3,(H,22,24)/t9-/m1/s1. The lowest BCUT2D eigenvalue weighted by Crippen LogP contribution is -2.22. The summed E-state index contributed by atoms with van der Waals surface area (Å²) in [6, 6.07) is 7.04. The SMILES string of the molecule is COc1ccc([N+](=O)[O-])cc1NC(=O)[C@@H](C)Sc1ccc(Cl)c(C(F)(F)F)c1. The number of non-ortho nitro benzene ring substituents is 1. The minimum absolute atomic E-state index is 0.0845. The third-order valence-electron chi connectivity index (χ3n) is 3.58. The maximum absolute atomic E-state index is 13.0. The van der Waals surface area contributed by atoms with Crippen molar-refractivity contribution in [2.75, 3.05) is 12.4 Å². The van der Waals surface area contributed by atoms with Gasteiger partial charge in [-0.25, -0.2) is 0 Å². The minimum Gasteiger partial charge on any atom is -0.495 e. The number of amides is 1. The second-order valence-corrected chi connectivity index (χ2v) is 7.35. The van der Waals surface area contributed by atoms with Gasteiger partial charge in [0, 0.05) is 17.0 Å². The summed E-state index contributed by atoms with van der Waals surface area (Å²) in [7, 11) is 1.33. The van der Waals surface area contributed by atoms with Gasteiger partial charge in [-0.2, -0.15) is 13.2 Å². The predicted molar refractivity (Wildman–Crippen MR) is 100 cm³/mol. The number of rotatable bonds is 6. The van der Waals surface area contributed by atoms with Crippen molar-refractivity contribution in [3.05, 3.63) is 57.1 Å². The number of benzene rings is 2. The number of carbonyl (C=O) groups excluding carboxylic acids is 1. The summed E-state index contributed by atoms with van der Waals surface area (Å²) in [6.45, 7) is 1.49. The van der Waals surface area contributed by atoms with Crippen LogP contribution in [0.1, 0.15) is 12.5 Å². The number of alkyl halides is 3. The van der Waals surface area contributed by atoms with Crippen molar-refractivity contribution in [3.8, 4) is 5.75 Å². The van der Waals surface area contributed by atoms with E-state index in [9.17, 15) is 28.1 Å². The molecule has 1 atom stereocenters. The van der Waals surface area contributed by atoms with Crippen molar-refractivity contribution in [1.82, 2.24) is 0 Å². The van der Waals surface area contributed by atoms with E-state index < -0.39 is 32.8 Å². The smallest absolute Gasteiger partial charge is 0.417 e. The molecule has 2 rings (SSSR count). The van der Waals surface area contributed by atoms with Crippen LogP contribution in [0.4, 0.5) is 24.5 Å². The van der Waals surface area contributed by atoms with E-state index in [-0.39, 0.29) is 22.0 Å². The number of halogens is 4. The lowest BCUT2D eigenvalue weighted by molar-refractivity contribution is -0.384. The number of ether oxygens (including phenoxy) is 1. The largest absolute Gasteiger partial charge is 0.495 e. The van der Waals surface area contributed by atoms with E-state index >= 15 is 0 Å². The molecule has 0 radical (unpaired) electrons. The second kappa shape index (κ2) is 8.70. The number of nitro benzene ring substituents is 1. The Labute approximate surface area is 167 Å². The summed E-state index contributed by atoms with van der Waals surface area (Å²) in [5.41, 5.74) is -1.16. The zero-order valence-electron chi connectivity index (χ0n) is 14.5. The first-order valence-electron chi connectivity index (χ1n) is 7.69. The number of anilines is 1. The Kier molecular flexibility index (Phi) is 6.78. The third-order valence-corrected chi connectivity index (χ3v) is 5.00. The number of hydrogen-bond acceptors (Lipinski definition) is 5. The fraction of sp³-hybridized carbons (Fsp3) is 0.235. The molecule has 0 saturated heterocycles. The fourth-order valence-corrected chi connectivity index (χ4v) is 3.33. The monoisotopic (exact) mass is 434 g/mol. The van der Waals surface area contributed by atoms with Gasteiger partial charge >= 0.3 is 6.18 Å². The van der Waals surface area contributed by atoms with E-state index in [0.29, 0.717) is 0 Å². The Hall–Kier alpha value is -2.46. The number of carbonyl (C=O) groups is 1. The molecule has 28 heavy (non-hydrogen) atoms. The predicted octanol–water partition coefficient (Wildman–Crippen LogP) is 5.39. The van der Waals surface area contributed by atoms with Gasteiger partial charge in [-0.3, -0.25) is 14.9 Å². The number of hydrogen-bond donors (Lipinski definition) is 1. The summed E-state index contributed by atoms with van der Waals surface area (Å²) in [5.74, 6) is -0.352. The Morgan fingerprint density at radius 1 is 1.29 bits per heavy atom. The molecule has 0 fully saturated rings. The fourth-order valence-electron chi connectivity index (χ4n) is 2.19. The minimum atomic E-state index is -4.62. The quantitative estimate of drug-likeness (QED) is 0.374. The van der Waals surface area contributed by atoms with Crippen LogP contribution in [0.15, 0.2) is 41.3 Å². The van der Waals surface area contributed by atoms with Gasteiger partial charge in [-0.15, -0.1) is 11.8 Å².